The molecule has 1 aliphatic heterocycles. The Balaban J connectivity index is 1.84. The van der Waals surface area contributed by atoms with Gasteiger partial charge in [-0.15, -0.1) is 0 Å². The van der Waals surface area contributed by atoms with Crippen LogP contribution in [0.25, 0.3) is 0 Å². The van der Waals surface area contributed by atoms with Crippen molar-refractivity contribution >= 4 is 27.7 Å². The number of anilines is 1. The molecule has 0 spiro atoms. The number of hydrogen-bond acceptors (Lipinski definition) is 5. The summed E-state index contributed by atoms with van der Waals surface area (Å²) < 4.78 is 26.9. The van der Waals surface area contributed by atoms with Crippen molar-refractivity contribution in [3.63, 3.8) is 0 Å². The van der Waals surface area contributed by atoms with Crippen LogP contribution in [0.2, 0.25) is 0 Å². The third-order valence-corrected chi connectivity index (χ3v) is 5.32. The van der Waals surface area contributed by atoms with Crippen LogP contribution in [0.3, 0.4) is 0 Å². The Hall–Kier alpha value is -1.80. The molecule has 0 bridgehead atoms. The minimum Gasteiger partial charge on any atom is -0.274 e. The van der Waals surface area contributed by atoms with Crippen LogP contribution in [0, 0.1) is 0 Å². The van der Waals surface area contributed by atoms with Gasteiger partial charge in [0.2, 0.25) is 21.8 Å². The number of carbonyl (C=O) groups excluding carboxylic acids is 2. The number of amides is 2. The summed E-state index contributed by atoms with van der Waals surface area (Å²) in [5.41, 5.74) is -0.363. The number of hydrogen-bond donors (Lipinski definition) is 1. The van der Waals surface area contributed by atoms with Gasteiger partial charge in [-0.3, -0.25) is 9.59 Å². The molecule has 8 heteroatoms. The smallest absolute Gasteiger partial charge is 0.242 e. The van der Waals surface area contributed by atoms with Crippen LogP contribution >= 0.6 is 0 Å². The highest BCUT2D eigenvalue weighted by Crippen LogP contribution is 2.36. The van der Waals surface area contributed by atoms with Crippen molar-refractivity contribution in [1.82, 2.24) is 9.71 Å². The first kappa shape index (κ1) is 14.2. The minimum atomic E-state index is -3.62. The summed E-state index contributed by atoms with van der Waals surface area (Å²) in [6, 6.07) is 2.74. The Morgan fingerprint density at radius 3 is 2.29 bits per heavy atom. The lowest BCUT2D eigenvalue weighted by Gasteiger charge is -2.14. The molecule has 2 heterocycles. The largest absolute Gasteiger partial charge is 0.274 e. The van der Waals surface area contributed by atoms with Crippen molar-refractivity contribution in [3.05, 3.63) is 18.3 Å². The number of carbonyl (C=O) groups is 2. The Kier molecular flexibility index (Phi) is 3.10. The Bertz CT molecular complexity index is 691. The average molecular weight is 309 g/mol. The molecule has 0 unspecified atom stereocenters. The van der Waals surface area contributed by atoms with Crippen LogP contribution in [-0.4, -0.2) is 30.8 Å². The van der Waals surface area contributed by atoms with Gasteiger partial charge in [0.05, 0.1) is 0 Å². The third kappa shape index (κ3) is 2.68. The van der Waals surface area contributed by atoms with Gasteiger partial charge in [0.15, 0.2) is 0 Å². The molecule has 7 nitrogen and oxygen atoms in total. The van der Waals surface area contributed by atoms with Crippen molar-refractivity contribution in [1.29, 1.82) is 0 Å². The quantitative estimate of drug-likeness (QED) is 0.820. The van der Waals surface area contributed by atoms with Crippen molar-refractivity contribution in [2.24, 2.45) is 0 Å². The molecule has 1 aromatic heterocycles. The standard InChI is InChI=1S/C13H15N3O4S/c1-13(6-7-13)15-21(19,20)9-2-3-10(14-8-9)16-11(17)4-5-12(16)18/h2-3,8,15H,4-7H2,1H3. The van der Waals surface area contributed by atoms with Gasteiger partial charge in [-0.05, 0) is 31.9 Å². The minimum absolute atomic E-state index is 0.0264. The van der Waals surface area contributed by atoms with E-state index in [1.807, 2.05) is 6.92 Å². The van der Waals surface area contributed by atoms with Crippen LogP contribution in [0.1, 0.15) is 32.6 Å². The summed E-state index contributed by atoms with van der Waals surface area (Å²) in [6.45, 7) is 1.84. The maximum Gasteiger partial charge on any atom is 0.242 e. The van der Waals surface area contributed by atoms with Gasteiger partial charge < -0.3 is 0 Å². The normalized spacial score (nSPS) is 20.9. The van der Waals surface area contributed by atoms with Gasteiger partial charge >= 0.3 is 0 Å². The van der Waals surface area contributed by atoms with Gasteiger partial charge in [-0.1, -0.05) is 0 Å². The van der Waals surface area contributed by atoms with E-state index in [0.29, 0.717) is 0 Å². The highest BCUT2D eigenvalue weighted by Gasteiger charge is 2.41. The number of imide groups is 1. The number of sulfonamides is 1. The molecule has 0 atom stereocenters. The zero-order valence-electron chi connectivity index (χ0n) is 11.5. The maximum atomic E-state index is 12.2. The van der Waals surface area contributed by atoms with Gasteiger partial charge in [0, 0.05) is 24.6 Å². The highest BCUT2D eigenvalue weighted by molar-refractivity contribution is 7.89. The summed E-state index contributed by atoms with van der Waals surface area (Å²) in [4.78, 5) is 28.2. The molecular formula is C13H15N3O4S. The molecule has 112 valence electrons. The molecule has 0 radical (unpaired) electrons. The number of nitrogens with one attached hydrogen (secondary N) is 1. The molecule has 2 amide bonds. The van der Waals surface area contributed by atoms with E-state index in [-0.39, 0.29) is 40.9 Å². The molecule has 1 aliphatic carbocycles. The molecule has 1 aromatic rings. The Labute approximate surface area is 122 Å². The lowest BCUT2D eigenvalue weighted by atomic mass is 10.4. The summed E-state index contributed by atoms with van der Waals surface area (Å²) in [6.07, 6.45) is 3.13. The lowest BCUT2D eigenvalue weighted by Crippen LogP contribution is -2.34. The van der Waals surface area contributed by atoms with E-state index in [9.17, 15) is 18.0 Å². The van der Waals surface area contributed by atoms with Crippen molar-refractivity contribution in [2.45, 2.75) is 43.0 Å². The van der Waals surface area contributed by atoms with Gasteiger partial charge in [0.1, 0.15) is 10.7 Å². The predicted molar refractivity (Wildman–Crippen MR) is 73.9 cm³/mol. The first-order valence-corrected chi connectivity index (χ1v) is 8.15. The monoisotopic (exact) mass is 309 g/mol. The number of pyridine rings is 1. The van der Waals surface area contributed by atoms with Crippen molar-refractivity contribution in [3.8, 4) is 0 Å². The predicted octanol–water partition coefficient (Wildman–Crippen LogP) is 0.566. The average Bonchev–Trinajstić information content (AvgIpc) is 3.03. The van der Waals surface area contributed by atoms with Crippen molar-refractivity contribution in [2.75, 3.05) is 4.90 Å². The second-order valence-electron chi connectivity index (χ2n) is 5.64. The summed E-state index contributed by atoms with van der Waals surface area (Å²) in [5, 5.41) is 0. The molecule has 3 rings (SSSR count). The maximum absolute atomic E-state index is 12.2. The van der Waals surface area contributed by atoms with Gasteiger partial charge in [0.25, 0.3) is 0 Å². The van der Waals surface area contributed by atoms with Crippen LogP contribution in [-0.2, 0) is 19.6 Å². The van der Waals surface area contributed by atoms with E-state index in [1.165, 1.54) is 18.3 Å². The molecule has 21 heavy (non-hydrogen) atoms. The van der Waals surface area contributed by atoms with Gasteiger partial charge in [-0.25, -0.2) is 23.0 Å². The van der Waals surface area contributed by atoms with Crippen LogP contribution in [0.5, 0.6) is 0 Å². The third-order valence-electron chi connectivity index (χ3n) is 3.69. The SMILES string of the molecule is CC1(NS(=O)(=O)c2ccc(N3C(=O)CCC3=O)nc2)CC1. The molecule has 0 aromatic carbocycles. The molecule has 1 saturated heterocycles. The fraction of sp³-hybridized carbons (Fsp3) is 0.462. The topological polar surface area (TPSA) is 96.4 Å². The van der Waals surface area contributed by atoms with E-state index in [1.54, 1.807) is 0 Å². The second kappa shape index (κ2) is 4.60. The fourth-order valence-electron chi connectivity index (χ4n) is 2.17. The van der Waals surface area contributed by atoms with Gasteiger partial charge in [-0.2, -0.15) is 0 Å². The number of aromatic nitrogens is 1. The number of rotatable bonds is 4. The molecule has 1 N–H and O–H groups in total. The number of nitrogens with zero attached hydrogens (tertiary/aromatic N) is 2. The van der Waals surface area contributed by atoms with Crippen LogP contribution < -0.4 is 9.62 Å². The van der Waals surface area contributed by atoms with Crippen molar-refractivity contribution < 1.29 is 18.0 Å². The van der Waals surface area contributed by atoms with E-state index >= 15 is 0 Å². The first-order valence-electron chi connectivity index (χ1n) is 6.67. The summed E-state index contributed by atoms with van der Waals surface area (Å²) >= 11 is 0. The molecule has 2 fully saturated rings. The highest BCUT2D eigenvalue weighted by atomic mass is 32.2. The van der Waals surface area contributed by atoms with Crippen LogP contribution in [0.15, 0.2) is 23.2 Å². The molecule has 2 aliphatic rings. The zero-order valence-corrected chi connectivity index (χ0v) is 12.3. The Morgan fingerprint density at radius 2 is 1.81 bits per heavy atom. The van der Waals surface area contributed by atoms with E-state index in [4.69, 9.17) is 0 Å². The van der Waals surface area contributed by atoms with E-state index < -0.39 is 10.0 Å². The van der Waals surface area contributed by atoms with Crippen LogP contribution in [0.4, 0.5) is 5.82 Å². The molecule has 1 saturated carbocycles. The second-order valence-corrected chi connectivity index (χ2v) is 7.32. The van der Waals surface area contributed by atoms with E-state index in [0.717, 1.165) is 17.7 Å². The first-order chi connectivity index (χ1) is 9.81. The molecular weight excluding hydrogens is 294 g/mol. The fourth-order valence-corrected chi connectivity index (χ4v) is 3.58. The Morgan fingerprint density at radius 1 is 1.19 bits per heavy atom. The summed E-state index contributed by atoms with van der Waals surface area (Å²) in [5.74, 6) is -0.461. The summed E-state index contributed by atoms with van der Waals surface area (Å²) in [7, 11) is -3.62. The zero-order chi connectivity index (χ0) is 15.3. The lowest BCUT2D eigenvalue weighted by molar-refractivity contribution is -0.121. The van der Waals surface area contributed by atoms with E-state index in [2.05, 4.69) is 9.71 Å².